The summed E-state index contributed by atoms with van der Waals surface area (Å²) in [7, 11) is 0. The van der Waals surface area contributed by atoms with Crippen molar-refractivity contribution in [3.63, 3.8) is 0 Å². The van der Waals surface area contributed by atoms with E-state index in [9.17, 15) is 23.3 Å². The van der Waals surface area contributed by atoms with Gasteiger partial charge in [-0.05, 0) is 19.1 Å². The third-order valence-corrected chi connectivity index (χ3v) is 3.20. The van der Waals surface area contributed by atoms with Crippen LogP contribution in [0.4, 0.5) is 24.5 Å². The molecule has 1 saturated heterocycles. The number of nitro benzene ring substituents is 1. The van der Waals surface area contributed by atoms with E-state index in [0.717, 1.165) is 11.0 Å². The topological polar surface area (TPSA) is 75.8 Å². The number of halogens is 3. The van der Waals surface area contributed by atoms with Crippen molar-refractivity contribution in [3.8, 4) is 0 Å². The van der Waals surface area contributed by atoms with Crippen molar-refractivity contribution < 1.29 is 27.9 Å². The lowest BCUT2D eigenvalue weighted by atomic mass is 10.1. The third kappa shape index (κ3) is 3.08. The van der Waals surface area contributed by atoms with E-state index in [0.29, 0.717) is 0 Å². The van der Waals surface area contributed by atoms with Crippen LogP contribution in [0.15, 0.2) is 18.2 Å². The number of nitrogens with zero attached hydrogens (tertiary/aromatic N) is 2. The van der Waals surface area contributed by atoms with Gasteiger partial charge in [0.2, 0.25) is 6.23 Å². The van der Waals surface area contributed by atoms with Crippen LogP contribution in [0.3, 0.4) is 0 Å². The molecule has 21 heavy (non-hydrogen) atoms. The number of ether oxygens (including phenoxy) is 1. The second kappa shape index (κ2) is 5.49. The fourth-order valence-corrected chi connectivity index (χ4v) is 2.23. The van der Waals surface area contributed by atoms with Crippen LogP contribution in [-0.2, 0) is 4.74 Å². The van der Waals surface area contributed by atoms with E-state index in [4.69, 9.17) is 9.84 Å². The van der Waals surface area contributed by atoms with Crippen LogP contribution in [0, 0.1) is 17.0 Å². The summed E-state index contributed by atoms with van der Waals surface area (Å²) in [5, 5.41) is 19.7. The Bertz CT molecular complexity index is 550. The number of hydrogen-bond acceptors (Lipinski definition) is 5. The summed E-state index contributed by atoms with van der Waals surface area (Å²) in [5.74, 6) is 0. The van der Waals surface area contributed by atoms with Crippen LogP contribution in [-0.4, -0.2) is 41.7 Å². The van der Waals surface area contributed by atoms with Gasteiger partial charge in [0.1, 0.15) is 6.10 Å². The van der Waals surface area contributed by atoms with Crippen LogP contribution < -0.4 is 4.90 Å². The number of nitro groups is 1. The summed E-state index contributed by atoms with van der Waals surface area (Å²) in [4.78, 5) is 11.1. The van der Waals surface area contributed by atoms with Crippen molar-refractivity contribution in [3.05, 3.63) is 33.9 Å². The summed E-state index contributed by atoms with van der Waals surface area (Å²) < 4.78 is 43.6. The molecule has 1 aromatic carbocycles. The normalized spacial score (nSPS) is 22.6. The molecule has 0 amide bonds. The Labute approximate surface area is 117 Å². The quantitative estimate of drug-likeness (QED) is 0.682. The van der Waals surface area contributed by atoms with Gasteiger partial charge in [0.05, 0.1) is 11.5 Å². The maximum atomic E-state index is 13.0. The summed E-state index contributed by atoms with van der Waals surface area (Å²) >= 11 is 0. The summed E-state index contributed by atoms with van der Waals surface area (Å²) in [6.45, 7) is 0.775. The zero-order valence-electron chi connectivity index (χ0n) is 11.0. The van der Waals surface area contributed by atoms with Gasteiger partial charge in [-0.25, -0.2) is 0 Å². The van der Waals surface area contributed by atoms with Gasteiger partial charge in [0, 0.05) is 23.9 Å². The number of rotatable bonds is 3. The predicted octanol–water partition coefficient (Wildman–Crippen LogP) is 1.99. The number of aryl methyl sites for hydroxylation is 1. The molecule has 1 aromatic rings. The zero-order valence-corrected chi connectivity index (χ0v) is 11.0. The summed E-state index contributed by atoms with van der Waals surface area (Å²) in [5.41, 5.74) is 0.253. The Kier molecular flexibility index (Phi) is 4.06. The van der Waals surface area contributed by atoms with Crippen molar-refractivity contribution in [2.75, 3.05) is 18.1 Å². The van der Waals surface area contributed by atoms with Gasteiger partial charge in [-0.1, -0.05) is 0 Å². The molecule has 2 rings (SSSR count). The zero-order chi connectivity index (χ0) is 15.8. The fraction of sp³-hybridized carbons (Fsp3) is 0.500. The van der Waals surface area contributed by atoms with E-state index < -0.39 is 30.0 Å². The molecule has 0 aromatic heterocycles. The van der Waals surface area contributed by atoms with E-state index in [2.05, 4.69) is 0 Å². The monoisotopic (exact) mass is 306 g/mol. The highest BCUT2D eigenvalue weighted by molar-refractivity contribution is 5.56. The van der Waals surface area contributed by atoms with Crippen molar-refractivity contribution in [2.24, 2.45) is 0 Å². The first-order valence-corrected chi connectivity index (χ1v) is 6.08. The average Bonchev–Trinajstić information content (AvgIpc) is 2.82. The summed E-state index contributed by atoms with van der Waals surface area (Å²) in [6.07, 6.45) is -7.75. The Balaban J connectivity index is 2.35. The summed E-state index contributed by atoms with van der Waals surface area (Å²) in [6, 6.07) is 3.71. The minimum Gasteiger partial charge on any atom is -0.394 e. The smallest absolute Gasteiger partial charge is 0.394 e. The highest BCUT2D eigenvalue weighted by Crippen LogP contribution is 2.36. The second-order valence-electron chi connectivity index (χ2n) is 4.71. The van der Waals surface area contributed by atoms with Crippen molar-refractivity contribution in [2.45, 2.75) is 25.4 Å². The van der Waals surface area contributed by atoms with Crippen LogP contribution in [0.2, 0.25) is 0 Å². The molecule has 0 saturated carbocycles. The Morgan fingerprint density at radius 3 is 2.67 bits per heavy atom. The van der Waals surface area contributed by atoms with Gasteiger partial charge in [-0.15, -0.1) is 0 Å². The Morgan fingerprint density at radius 2 is 2.19 bits per heavy atom. The molecule has 6 nitrogen and oxygen atoms in total. The van der Waals surface area contributed by atoms with Crippen LogP contribution in [0.1, 0.15) is 5.56 Å². The van der Waals surface area contributed by atoms with Crippen molar-refractivity contribution >= 4 is 11.4 Å². The molecule has 1 fully saturated rings. The Hall–Kier alpha value is -1.87. The molecule has 0 bridgehead atoms. The van der Waals surface area contributed by atoms with E-state index in [-0.39, 0.29) is 23.5 Å². The first-order valence-electron chi connectivity index (χ1n) is 6.08. The second-order valence-corrected chi connectivity index (χ2v) is 4.71. The molecule has 1 heterocycles. The molecule has 2 atom stereocenters. The van der Waals surface area contributed by atoms with Crippen molar-refractivity contribution in [1.29, 1.82) is 0 Å². The van der Waals surface area contributed by atoms with Gasteiger partial charge in [0.15, 0.2) is 0 Å². The predicted molar refractivity (Wildman–Crippen MR) is 67.0 cm³/mol. The Morgan fingerprint density at radius 1 is 1.52 bits per heavy atom. The van der Waals surface area contributed by atoms with Gasteiger partial charge < -0.3 is 14.7 Å². The number of alkyl halides is 3. The van der Waals surface area contributed by atoms with Crippen molar-refractivity contribution in [1.82, 2.24) is 0 Å². The minimum absolute atomic E-state index is 0.141. The van der Waals surface area contributed by atoms with Gasteiger partial charge in [0.25, 0.3) is 5.69 Å². The van der Waals surface area contributed by atoms with E-state index in [1.807, 2.05) is 0 Å². The lowest BCUT2D eigenvalue weighted by Gasteiger charge is -2.26. The average molecular weight is 306 g/mol. The first-order chi connectivity index (χ1) is 9.74. The molecule has 116 valence electrons. The van der Waals surface area contributed by atoms with E-state index in [1.165, 1.54) is 19.1 Å². The molecule has 1 aliphatic heterocycles. The van der Waals surface area contributed by atoms with E-state index >= 15 is 0 Å². The van der Waals surface area contributed by atoms with Crippen LogP contribution in [0.25, 0.3) is 0 Å². The molecule has 1 aliphatic rings. The molecule has 9 heteroatoms. The first kappa shape index (κ1) is 15.5. The lowest BCUT2D eigenvalue weighted by Crippen LogP contribution is -2.42. The molecule has 1 N–H and O–H groups in total. The molecule has 0 unspecified atom stereocenters. The SMILES string of the molecule is Cc1cc(N2C[C@@H](CO)O[C@@H]2C(F)(F)F)ccc1[N+](=O)[O-]. The minimum atomic E-state index is -4.63. The molecule has 0 aliphatic carbocycles. The molecule has 0 spiro atoms. The van der Waals surface area contributed by atoms with Gasteiger partial charge in [-0.2, -0.15) is 13.2 Å². The third-order valence-electron chi connectivity index (χ3n) is 3.20. The van der Waals surface area contributed by atoms with Gasteiger partial charge in [-0.3, -0.25) is 10.1 Å². The molecular formula is C12H13F3N2O4. The highest BCUT2D eigenvalue weighted by Gasteiger charge is 2.50. The van der Waals surface area contributed by atoms with Crippen LogP contribution in [0.5, 0.6) is 0 Å². The lowest BCUT2D eigenvalue weighted by molar-refractivity contribution is -0.385. The van der Waals surface area contributed by atoms with Gasteiger partial charge >= 0.3 is 6.18 Å². The molecular weight excluding hydrogens is 293 g/mol. The standard InChI is InChI=1S/C12H13F3N2O4/c1-7-4-8(2-3-10(7)17(19)20)16-5-9(6-18)21-11(16)12(13,14)15/h2-4,9,11,18H,5-6H2,1H3/t9-,11+/m0/s1. The molecule has 0 radical (unpaired) electrons. The maximum absolute atomic E-state index is 13.0. The maximum Gasteiger partial charge on any atom is 0.433 e. The number of aliphatic hydroxyl groups excluding tert-OH is 1. The fourth-order valence-electron chi connectivity index (χ4n) is 2.23. The number of hydrogen-bond donors (Lipinski definition) is 1. The highest BCUT2D eigenvalue weighted by atomic mass is 19.4. The number of anilines is 1. The largest absolute Gasteiger partial charge is 0.433 e. The van der Waals surface area contributed by atoms with E-state index in [1.54, 1.807) is 0 Å². The number of benzene rings is 1. The number of aliphatic hydroxyl groups is 1. The van der Waals surface area contributed by atoms with Crippen LogP contribution >= 0.6 is 0 Å².